The molecule has 1 aromatic carbocycles. The highest BCUT2D eigenvalue weighted by molar-refractivity contribution is 5.75. The van der Waals surface area contributed by atoms with Crippen molar-refractivity contribution < 1.29 is 4.74 Å². The second kappa shape index (κ2) is 3.21. The van der Waals surface area contributed by atoms with Gasteiger partial charge in [-0.3, -0.25) is 0 Å². The predicted molar refractivity (Wildman–Crippen MR) is 52.8 cm³/mol. The van der Waals surface area contributed by atoms with Gasteiger partial charge in [-0.25, -0.2) is 4.99 Å². The van der Waals surface area contributed by atoms with E-state index in [2.05, 4.69) is 24.0 Å². The van der Waals surface area contributed by atoms with Gasteiger partial charge in [-0.2, -0.15) is 0 Å². The Morgan fingerprint density at radius 2 is 1.92 bits per heavy atom. The number of rotatable bonds is 1. The first-order valence-corrected chi connectivity index (χ1v) is 4.53. The first-order chi connectivity index (χ1) is 6.27. The maximum Gasteiger partial charge on any atom is 0.181 e. The van der Waals surface area contributed by atoms with Crippen LogP contribution in [0.4, 0.5) is 0 Å². The lowest BCUT2D eigenvalue weighted by Crippen LogP contribution is -2.09. The normalized spacial score (nSPS) is 26.8. The highest BCUT2D eigenvalue weighted by Gasteiger charge is 2.26. The second-order valence-corrected chi connectivity index (χ2v) is 3.34. The summed E-state index contributed by atoms with van der Waals surface area (Å²) in [6, 6.07) is 10.5. The Hall–Kier alpha value is -1.31. The van der Waals surface area contributed by atoms with Gasteiger partial charge in [0.1, 0.15) is 6.10 Å². The lowest BCUT2D eigenvalue weighted by Gasteiger charge is -2.14. The fraction of sp³-hybridized carbons (Fsp3) is 0.364. The summed E-state index contributed by atoms with van der Waals surface area (Å²) in [6.45, 7) is 3.98. The van der Waals surface area contributed by atoms with E-state index in [0.29, 0.717) is 0 Å². The Kier molecular flexibility index (Phi) is 2.05. The molecule has 2 heteroatoms. The minimum atomic E-state index is 0.112. The van der Waals surface area contributed by atoms with Crippen LogP contribution in [0.25, 0.3) is 0 Å². The van der Waals surface area contributed by atoms with Gasteiger partial charge in [0.15, 0.2) is 5.90 Å². The SMILES string of the molecule is CC1=N[C@@H](C)[C@H](c2ccccc2)O1. The van der Waals surface area contributed by atoms with Crippen LogP contribution in [-0.4, -0.2) is 11.9 Å². The van der Waals surface area contributed by atoms with Gasteiger partial charge in [0.25, 0.3) is 0 Å². The third-order valence-corrected chi connectivity index (χ3v) is 2.25. The molecule has 0 bridgehead atoms. The van der Waals surface area contributed by atoms with Gasteiger partial charge in [0.2, 0.25) is 0 Å². The van der Waals surface area contributed by atoms with Crippen LogP contribution in [0.2, 0.25) is 0 Å². The molecule has 2 atom stereocenters. The van der Waals surface area contributed by atoms with Gasteiger partial charge < -0.3 is 4.74 Å². The lowest BCUT2D eigenvalue weighted by atomic mass is 10.0. The Balaban J connectivity index is 2.21. The third-order valence-electron chi connectivity index (χ3n) is 2.25. The van der Waals surface area contributed by atoms with Gasteiger partial charge in [-0.15, -0.1) is 0 Å². The van der Waals surface area contributed by atoms with E-state index in [0.717, 1.165) is 5.90 Å². The molecule has 2 rings (SSSR count). The van der Waals surface area contributed by atoms with E-state index >= 15 is 0 Å². The summed E-state index contributed by atoms with van der Waals surface area (Å²) < 4.78 is 5.61. The van der Waals surface area contributed by atoms with Crippen molar-refractivity contribution in [3.8, 4) is 0 Å². The summed E-state index contributed by atoms with van der Waals surface area (Å²) in [5.74, 6) is 0.793. The summed E-state index contributed by atoms with van der Waals surface area (Å²) in [7, 11) is 0. The van der Waals surface area contributed by atoms with Gasteiger partial charge in [0, 0.05) is 6.92 Å². The Morgan fingerprint density at radius 3 is 2.46 bits per heavy atom. The molecule has 0 N–H and O–H groups in total. The zero-order valence-electron chi connectivity index (χ0n) is 7.90. The Bertz CT molecular complexity index is 318. The molecule has 0 aromatic heterocycles. The lowest BCUT2D eigenvalue weighted by molar-refractivity contribution is 0.200. The maximum atomic E-state index is 5.61. The van der Waals surface area contributed by atoms with Crippen molar-refractivity contribution in [1.29, 1.82) is 0 Å². The standard InChI is InChI=1S/C11H13NO/c1-8-11(13-9(2)12-8)10-6-4-3-5-7-10/h3-8,11H,1-2H3/t8-,11+/m0/s1. The number of nitrogens with zero attached hydrogens (tertiary/aromatic N) is 1. The Labute approximate surface area is 78.3 Å². The number of hydrogen-bond acceptors (Lipinski definition) is 2. The fourth-order valence-electron chi connectivity index (χ4n) is 1.66. The number of aliphatic imine (C=N–C) groups is 1. The zero-order chi connectivity index (χ0) is 9.26. The molecule has 0 unspecified atom stereocenters. The highest BCUT2D eigenvalue weighted by Crippen LogP contribution is 2.28. The molecule has 0 amide bonds. The molecule has 1 aliphatic heterocycles. The molecule has 13 heavy (non-hydrogen) atoms. The van der Waals surface area contributed by atoms with Crippen molar-refractivity contribution in [3.63, 3.8) is 0 Å². The first-order valence-electron chi connectivity index (χ1n) is 4.53. The molecule has 0 aliphatic carbocycles. The molecule has 1 heterocycles. The number of hydrogen-bond donors (Lipinski definition) is 0. The van der Waals surface area contributed by atoms with Crippen molar-refractivity contribution in [2.24, 2.45) is 4.99 Å². The topological polar surface area (TPSA) is 21.6 Å². The Morgan fingerprint density at radius 1 is 1.23 bits per heavy atom. The summed E-state index contributed by atoms with van der Waals surface area (Å²) in [5, 5.41) is 0. The van der Waals surface area contributed by atoms with Crippen LogP contribution in [0.5, 0.6) is 0 Å². The zero-order valence-corrected chi connectivity index (χ0v) is 7.90. The van der Waals surface area contributed by atoms with Crippen molar-refractivity contribution in [3.05, 3.63) is 35.9 Å². The van der Waals surface area contributed by atoms with E-state index in [9.17, 15) is 0 Å². The maximum absolute atomic E-state index is 5.61. The first kappa shape index (κ1) is 8.30. The molecule has 1 aliphatic rings. The van der Waals surface area contributed by atoms with Gasteiger partial charge in [-0.1, -0.05) is 30.3 Å². The van der Waals surface area contributed by atoms with E-state index in [1.54, 1.807) is 0 Å². The van der Waals surface area contributed by atoms with Crippen molar-refractivity contribution in [1.82, 2.24) is 0 Å². The van der Waals surface area contributed by atoms with Crippen molar-refractivity contribution >= 4 is 5.90 Å². The van der Waals surface area contributed by atoms with Crippen molar-refractivity contribution in [2.45, 2.75) is 26.0 Å². The number of ether oxygens (including phenoxy) is 1. The smallest absolute Gasteiger partial charge is 0.181 e. The molecular weight excluding hydrogens is 162 g/mol. The quantitative estimate of drug-likeness (QED) is 0.642. The molecule has 2 nitrogen and oxygen atoms in total. The van der Waals surface area contributed by atoms with E-state index in [4.69, 9.17) is 4.74 Å². The average Bonchev–Trinajstić information content (AvgIpc) is 2.47. The summed E-state index contributed by atoms with van der Waals surface area (Å²) >= 11 is 0. The van der Waals surface area contributed by atoms with Crippen molar-refractivity contribution in [2.75, 3.05) is 0 Å². The minimum Gasteiger partial charge on any atom is -0.471 e. The average molecular weight is 175 g/mol. The summed E-state index contributed by atoms with van der Waals surface area (Å²) in [5.41, 5.74) is 1.20. The summed E-state index contributed by atoms with van der Waals surface area (Å²) in [6.07, 6.45) is 0.112. The van der Waals surface area contributed by atoms with Crippen LogP contribution >= 0.6 is 0 Å². The molecular formula is C11H13NO. The molecule has 1 aromatic rings. The van der Waals surface area contributed by atoms with E-state index in [-0.39, 0.29) is 12.1 Å². The fourth-order valence-corrected chi connectivity index (χ4v) is 1.66. The molecule has 0 saturated heterocycles. The monoisotopic (exact) mass is 175 g/mol. The molecule has 0 spiro atoms. The van der Waals surface area contributed by atoms with E-state index in [1.807, 2.05) is 25.1 Å². The molecule has 0 fully saturated rings. The van der Waals surface area contributed by atoms with Gasteiger partial charge in [-0.05, 0) is 12.5 Å². The van der Waals surface area contributed by atoms with E-state index in [1.165, 1.54) is 5.56 Å². The highest BCUT2D eigenvalue weighted by atomic mass is 16.5. The largest absolute Gasteiger partial charge is 0.471 e. The van der Waals surface area contributed by atoms with Crippen LogP contribution < -0.4 is 0 Å². The van der Waals surface area contributed by atoms with Crippen LogP contribution in [0.1, 0.15) is 25.5 Å². The van der Waals surface area contributed by atoms with Crippen LogP contribution in [-0.2, 0) is 4.74 Å². The minimum absolute atomic E-state index is 0.112. The second-order valence-electron chi connectivity index (χ2n) is 3.34. The molecule has 68 valence electrons. The van der Waals surface area contributed by atoms with Crippen LogP contribution in [0.15, 0.2) is 35.3 Å². The molecule has 0 saturated carbocycles. The van der Waals surface area contributed by atoms with Gasteiger partial charge >= 0.3 is 0 Å². The van der Waals surface area contributed by atoms with Crippen LogP contribution in [0, 0.1) is 0 Å². The third kappa shape index (κ3) is 1.57. The van der Waals surface area contributed by atoms with Gasteiger partial charge in [0.05, 0.1) is 6.04 Å². The summed E-state index contributed by atoms with van der Waals surface area (Å²) in [4.78, 5) is 4.34. The van der Waals surface area contributed by atoms with Crippen LogP contribution in [0.3, 0.4) is 0 Å². The van der Waals surface area contributed by atoms with E-state index < -0.39 is 0 Å². The number of benzene rings is 1. The predicted octanol–water partition coefficient (Wildman–Crippen LogP) is 2.56. The molecule has 0 radical (unpaired) electrons.